The number of anilines is 3. The molecule has 1 aliphatic rings. The van der Waals surface area contributed by atoms with Crippen LogP contribution in [-0.2, 0) is 9.84 Å². The third-order valence-corrected chi connectivity index (χ3v) is 9.32. The molecule has 1 fully saturated rings. The third-order valence-electron chi connectivity index (χ3n) is 7.51. The molecule has 0 unspecified atom stereocenters. The standard InChI is InChI=1S/C30H25FN8O3S/c1-17-12-13-18(31)15-23(17)39-28(22-10-6-14-38(22)27-20(16-32)26(33)36-30(34)37-27)35-21-9-5-11-24(25(21)29(39)40)43(41,42)19-7-3-2-4-8-19/h2-5,7-9,11-13,15,22H,6,10,14H2,1H3,(H4,33,34,36,37)/t22-/m0/s1. The monoisotopic (exact) mass is 596 g/mol. The molecule has 0 radical (unpaired) electrons. The fraction of sp³-hybridized carbons (Fsp3) is 0.167. The average molecular weight is 597 g/mol. The summed E-state index contributed by atoms with van der Waals surface area (Å²) in [5.74, 6) is -0.394. The van der Waals surface area contributed by atoms with Crippen LogP contribution in [0.25, 0.3) is 16.6 Å². The largest absolute Gasteiger partial charge is 0.382 e. The van der Waals surface area contributed by atoms with E-state index in [1.807, 2.05) is 6.07 Å². The number of fused-ring (bicyclic) bond motifs is 1. The van der Waals surface area contributed by atoms with Gasteiger partial charge in [0.25, 0.3) is 5.56 Å². The highest BCUT2D eigenvalue weighted by Crippen LogP contribution is 2.39. The maximum atomic E-state index is 14.7. The molecule has 3 heterocycles. The summed E-state index contributed by atoms with van der Waals surface area (Å²) in [6, 6.07) is 17.7. The molecule has 0 aliphatic carbocycles. The van der Waals surface area contributed by atoms with Gasteiger partial charge in [0.15, 0.2) is 5.82 Å². The number of halogens is 1. The van der Waals surface area contributed by atoms with E-state index in [0.29, 0.717) is 24.9 Å². The van der Waals surface area contributed by atoms with Gasteiger partial charge in [0, 0.05) is 6.54 Å². The second kappa shape index (κ2) is 10.5. The number of benzene rings is 3. The smallest absolute Gasteiger partial charge is 0.267 e. The Bertz CT molecular complexity index is 2130. The van der Waals surface area contributed by atoms with E-state index in [1.54, 1.807) is 36.1 Å². The zero-order chi connectivity index (χ0) is 30.5. The summed E-state index contributed by atoms with van der Waals surface area (Å²) < 4.78 is 43.5. The van der Waals surface area contributed by atoms with Gasteiger partial charge >= 0.3 is 0 Å². The van der Waals surface area contributed by atoms with Gasteiger partial charge in [0.2, 0.25) is 15.8 Å². The molecule has 6 rings (SSSR count). The van der Waals surface area contributed by atoms with Gasteiger partial charge in [0.1, 0.15) is 29.1 Å². The average Bonchev–Trinajstić information content (AvgIpc) is 3.48. The first-order valence-electron chi connectivity index (χ1n) is 13.3. The van der Waals surface area contributed by atoms with E-state index in [9.17, 15) is 22.9 Å². The minimum atomic E-state index is -4.13. The second-order valence-electron chi connectivity index (χ2n) is 10.1. The maximum absolute atomic E-state index is 14.7. The minimum Gasteiger partial charge on any atom is -0.382 e. The molecule has 4 N–H and O–H groups in total. The summed E-state index contributed by atoms with van der Waals surface area (Å²) in [6.07, 6.45) is 1.13. The molecular formula is C30H25FN8O3S. The Balaban J connectivity index is 1.68. The van der Waals surface area contributed by atoms with Crippen molar-refractivity contribution in [3.05, 3.63) is 99.9 Å². The summed E-state index contributed by atoms with van der Waals surface area (Å²) in [5.41, 5.74) is 12.1. The lowest BCUT2D eigenvalue weighted by molar-refractivity contribution is 0.596. The summed E-state index contributed by atoms with van der Waals surface area (Å²) in [7, 11) is -4.13. The number of nitrogens with zero attached hydrogens (tertiary/aromatic N) is 6. The fourth-order valence-electron chi connectivity index (χ4n) is 5.53. The first-order valence-corrected chi connectivity index (χ1v) is 14.8. The van der Waals surface area contributed by atoms with Crippen molar-refractivity contribution in [2.24, 2.45) is 0 Å². The van der Waals surface area contributed by atoms with Crippen LogP contribution in [0, 0.1) is 24.1 Å². The van der Waals surface area contributed by atoms with Crippen LogP contribution in [0.3, 0.4) is 0 Å². The predicted molar refractivity (Wildman–Crippen MR) is 159 cm³/mol. The molecule has 1 atom stereocenters. The molecule has 1 saturated heterocycles. The number of nitrogen functional groups attached to an aromatic ring is 2. The van der Waals surface area contributed by atoms with Crippen molar-refractivity contribution in [3.8, 4) is 11.8 Å². The summed E-state index contributed by atoms with van der Waals surface area (Å²) in [6.45, 7) is 2.14. The molecule has 0 amide bonds. The Hall–Kier alpha value is -5.35. The van der Waals surface area contributed by atoms with Crippen LogP contribution in [0.15, 0.2) is 81.3 Å². The van der Waals surface area contributed by atoms with Crippen molar-refractivity contribution in [3.63, 3.8) is 0 Å². The quantitative estimate of drug-likeness (QED) is 0.303. The molecular weight excluding hydrogens is 571 g/mol. The van der Waals surface area contributed by atoms with Crippen LogP contribution in [0.4, 0.5) is 22.0 Å². The molecule has 0 saturated carbocycles. The van der Waals surface area contributed by atoms with Gasteiger partial charge in [-0.25, -0.2) is 17.8 Å². The topological polar surface area (TPSA) is 174 Å². The Morgan fingerprint density at radius 1 is 1.02 bits per heavy atom. The van der Waals surface area contributed by atoms with Crippen molar-refractivity contribution in [2.45, 2.75) is 35.6 Å². The van der Waals surface area contributed by atoms with Gasteiger partial charge in [0.05, 0.1) is 32.4 Å². The number of hydrogen-bond acceptors (Lipinski definition) is 10. The number of rotatable bonds is 5. The van der Waals surface area contributed by atoms with Crippen LogP contribution in [0.2, 0.25) is 0 Å². The molecule has 1 aliphatic heterocycles. The zero-order valence-corrected chi connectivity index (χ0v) is 23.7. The highest BCUT2D eigenvalue weighted by atomic mass is 32.2. The van der Waals surface area contributed by atoms with E-state index >= 15 is 0 Å². The van der Waals surface area contributed by atoms with Crippen molar-refractivity contribution < 1.29 is 12.8 Å². The Morgan fingerprint density at radius 3 is 2.53 bits per heavy atom. The van der Waals surface area contributed by atoms with E-state index in [-0.39, 0.29) is 55.4 Å². The van der Waals surface area contributed by atoms with Crippen molar-refractivity contribution in [1.82, 2.24) is 19.5 Å². The molecule has 3 aromatic carbocycles. The second-order valence-corrected chi connectivity index (χ2v) is 12.1. The summed E-state index contributed by atoms with van der Waals surface area (Å²) >= 11 is 0. The van der Waals surface area contributed by atoms with Crippen molar-refractivity contribution in [1.29, 1.82) is 5.26 Å². The fourth-order valence-corrected chi connectivity index (χ4v) is 7.02. The molecule has 13 heteroatoms. The van der Waals surface area contributed by atoms with Crippen molar-refractivity contribution >= 4 is 38.3 Å². The SMILES string of the molecule is Cc1ccc(F)cc1-n1c([C@@H]2CCCN2c2nc(N)nc(N)c2C#N)nc2cccc(S(=O)(=O)c3ccccc3)c2c1=O. The lowest BCUT2D eigenvalue weighted by Gasteiger charge is -2.29. The van der Waals surface area contributed by atoms with Crippen LogP contribution >= 0.6 is 0 Å². The predicted octanol–water partition coefficient (Wildman–Crippen LogP) is 3.83. The number of aryl methyl sites for hydroxylation is 1. The molecule has 0 spiro atoms. The zero-order valence-electron chi connectivity index (χ0n) is 22.9. The normalized spacial score (nSPS) is 15.1. The van der Waals surface area contributed by atoms with Gasteiger partial charge in [-0.2, -0.15) is 15.2 Å². The summed E-state index contributed by atoms with van der Waals surface area (Å²) in [5, 5.41) is 9.72. The third kappa shape index (κ3) is 4.61. The molecule has 43 heavy (non-hydrogen) atoms. The van der Waals surface area contributed by atoms with E-state index < -0.39 is 27.3 Å². The van der Waals surface area contributed by atoms with Crippen molar-refractivity contribution in [2.75, 3.05) is 22.9 Å². The van der Waals surface area contributed by atoms with Gasteiger partial charge in [-0.05, 0) is 61.7 Å². The number of nitrogens with two attached hydrogens (primary N) is 2. The van der Waals surface area contributed by atoms with Gasteiger partial charge in [-0.15, -0.1) is 0 Å². The van der Waals surface area contributed by atoms with Crippen LogP contribution in [0.5, 0.6) is 0 Å². The minimum absolute atomic E-state index is 0.0180. The first-order chi connectivity index (χ1) is 20.6. The van der Waals surface area contributed by atoms with E-state index in [1.165, 1.54) is 47.0 Å². The highest BCUT2D eigenvalue weighted by molar-refractivity contribution is 7.91. The van der Waals surface area contributed by atoms with Gasteiger partial charge in [-0.1, -0.05) is 30.3 Å². The molecule has 11 nitrogen and oxygen atoms in total. The van der Waals surface area contributed by atoms with Crippen LogP contribution in [0.1, 0.15) is 35.8 Å². The Kier molecular flexibility index (Phi) is 6.78. The number of aromatic nitrogens is 4. The lowest BCUT2D eigenvalue weighted by Crippen LogP contribution is -2.33. The number of hydrogen-bond donors (Lipinski definition) is 2. The van der Waals surface area contributed by atoms with Crippen LogP contribution < -0.4 is 21.9 Å². The first kappa shape index (κ1) is 27.8. The maximum Gasteiger partial charge on any atom is 0.267 e. The Labute approximate surface area is 245 Å². The van der Waals surface area contributed by atoms with E-state index in [0.717, 1.165) is 0 Å². The van der Waals surface area contributed by atoms with E-state index in [2.05, 4.69) is 9.97 Å². The Morgan fingerprint density at radius 2 is 1.79 bits per heavy atom. The van der Waals surface area contributed by atoms with Crippen LogP contribution in [-0.4, -0.2) is 34.5 Å². The molecule has 2 aromatic heterocycles. The molecule has 0 bridgehead atoms. The van der Waals surface area contributed by atoms with Gasteiger partial charge < -0.3 is 16.4 Å². The molecule has 5 aromatic rings. The highest BCUT2D eigenvalue weighted by Gasteiger charge is 2.35. The lowest BCUT2D eigenvalue weighted by atomic mass is 10.1. The van der Waals surface area contributed by atoms with E-state index in [4.69, 9.17) is 16.5 Å². The molecule has 216 valence electrons. The number of nitriles is 1. The van der Waals surface area contributed by atoms with Gasteiger partial charge in [-0.3, -0.25) is 9.36 Å². The summed E-state index contributed by atoms with van der Waals surface area (Å²) in [4.78, 5) is 29.2. The number of sulfone groups is 1.